The van der Waals surface area contributed by atoms with Crippen LogP contribution in [0.2, 0.25) is 0 Å². The van der Waals surface area contributed by atoms with Crippen molar-refractivity contribution in [3.8, 4) is 5.75 Å². The van der Waals surface area contributed by atoms with Gasteiger partial charge in [0, 0.05) is 12.4 Å². The van der Waals surface area contributed by atoms with E-state index in [4.69, 9.17) is 0 Å². The van der Waals surface area contributed by atoms with Crippen LogP contribution in [-0.4, -0.2) is 16.6 Å². The second-order valence-corrected chi connectivity index (χ2v) is 3.39. The molecular weight excluding hydrogens is 240 g/mol. The second kappa shape index (κ2) is 5.90. The van der Waals surface area contributed by atoms with Gasteiger partial charge in [0.05, 0.1) is 12.2 Å². The molecule has 0 unspecified atom stereocenters. The zero-order valence-corrected chi connectivity index (χ0v) is 9.38. The third-order valence-corrected chi connectivity index (χ3v) is 2.16. The average molecular weight is 251 g/mol. The highest BCUT2D eigenvalue weighted by molar-refractivity contribution is 5.56. The molecule has 0 atom stereocenters. The van der Waals surface area contributed by atoms with Crippen molar-refractivity contribution < 1.29 is 13.5 Å². The molecule has 1 N–H and O–H groups in total. The molecule has 18 heavy (non-hydrogen) atoms. The van der Waals surface area contributed by atoms with Crippen molar-refractivity contribution in [3.63, 3.8) is 0 Å². The van der Waals surface area contributed by atoms with Crippen LogP contribution in [0.15, 0.2) is 42.7 Å². The van der Waals surface area contributed by atoms with Gasteiger partial charge in [0.2, 0.25) is 0 Å². The van der Waals surface area contributed by atoms with Gasteiger partial charge in [-0.05, 0) is 18.2 Å². The maximum Gasteiger partial charge on any atom is 0.387 e. The summed E-state index contributed by atoms with van der Waals surface area (Å²) in [7, 11) is 0. The zero-order valence-electron chi connectivity index (χ0n) is 9.38. The quantitative estimate of drug-likeness (QED) is 0.887. The first-order valence-electron chi connectivity index (χ1n) is 5.29. The minimum absolute atomic E-state index is 0.100. The number of para-hydroxylation sites is 2. The smallest absolute Gasteiger partial charge is 0.387 e. The number of benzene rings is 1. The molecule has 0 spiro atoms. The number of halogens is 2. The molecule has 2 rings (SSSR count). The lowest BCUT2D eigenvalue weighted by atomic mass is 10.3. The fourth-order valence-corrected chi connectivity index (χ4v) is 1.41. The molecule has 0 radical (unpaired) electrons. The highest BCUT2D eigenvalue weighted by atomic mass is 19.3. The lowest BCUT2D eigenvalue weighted by molar-refractivity contribution is -0.0493. The SMILES string of the molecule is FC(F)Oc1ccccc1NCc1ncccn1. The lowest BCUT2D eigenvalue weighted by Gasteiger charge is -2.11. The molecule has 1 aromatic carbocycles. The third kappa shape index (κ3) is 3.38. The monoisotopic (exact) mass is 251 g/mol. The van der Waals surface area contributed by atoms with Crippen LogP contribution in [0, 0.1) is 0 Å². The number of rotatable bonds is 5. The highest BCUT2D eigenvalue weighted by Crippen LogP contribution is 2.25. The molecule has 0 fully saturated rings. The number of nitrogens with zero attached hydrogens (tertiary/aromatic N) is 2. The number of nitrogens with one attached hydrogen (secondary N) is 1. The van der Waals surface area contributed by atoms with Gasteiger partial charge in [-0.25, -0.2) is 9.97 Å². The molecule has 1 aromatic heterocycles. The van der Waals surface area contributed by atoms with Gasteiger partial charge in [-0.1, -0.05) is 12.1 Å². The van der Waals surface area contributed by atoms with E-state index >= 15 is 0 Å². The van der Waals surface area contributed by atoms with E-state index in [1.165, 1.54) is 6.07 Å². The minimum atomic E-state index is -2.85. The van der Waals surface area contributed by atoms with Crippen LogP contribution in [0.4, 0.5) is 14.5 Å². The first-order chi connectivity index (χ1) is 8.75. The molecule has 0 aliphatic rings. The summed E-state index contributed by atoms with van der Waals surface area (Å²) in [5.74, 6) is 0.674. The van der Waals surface area contributed by atoms with E-state index in [0.29, 0.717) is 18.1 Å². The molecule has 0 saturated carbocycles. The molecule has 0 aliphatic carbocycles. The molecule has 0 saturated heterocycles. The van der Waals surface area contributed by atoms with Crippen molar-refractivity contribution in [3.05, 3.63) is 48.5 Å². The van der Waals surface area contributed by atoms with Crippen molar-refractivity contribution in [2.75, 3.05) is 5.32 Å². The number of ether oxygens (including phenoxy) is 1. The Morgan fingerprint density at radius 1 is 1.11 bits per heavy atom. The van der Waals surface area contributed by atoms with E-state index in [1.807, 2.05) is 0 Å². The van der Waals surface area contributed by atoms with Crippen molar-refractivity contribution >= 4 is 5.69 Å². The molecule has 0 bridgehead atoms. The molecular formula is C12H11F2N3O. The summed E-state index contributed by atoms with van der Waals surface area (Å²) in [6.45, 7) is -2.51. The van der Waals surface area contributed by atoms with Gasteiger partial charge < -0.3 is 10.1 Å². The van der Waals surface area contributed by atoms with E-state index in [-0.39, 0.29) is 5.75 Å². The van der Waals surface area contributed by atoms with Crippen LogP contribution in [0.25, 0.3) is 0 Å². The Labute approximate surface area is 103 Å². The number of hydrogen-bond acceptors (Lipinski definition) is 4. The van der Waals surface area contributed by atoms with E-state index < -0.39 is 6.61 Å². The van der Waals surface area contributed by atoms with Crippen LogP contribution < -0.4 is 10.1 Å². The van der Waals surface area contributed by atoms with Gasteiger partial charge in [-0.3, -0.25) is 0 Å². The van der Waals surface area contributed by atoms with Gasteiger partial charge in [0.1, 0.15) is 11.6 Å². The molecule has 94 valence electrons. The van der Waals surface area contributed by atoms with Crippen LogP contribution in [0.5, 0.6) is 5.75 Å². The number of hydrogen-bond donors (Lipinski definition) is 1. The van der Waals surface area contributed by atoms with Gasteiger partial charge in [-0.15, -0.1) is 0 Å². The van der Waals surface area contributed by atoms with Gasteiger partial charge in [-0.2, -0.15) is 8.78 Å². The first-order valence-corrected chi connectivity index (χ1v) is 5.29. The van der Waals surface area contributed by atoms with Gasteiger partial charge in [0.25, 0.3) is 0 Å². The molecule has 2 aromatic rings. The predicted octanol–water partition coefficient (Wildman–Crippen LogP) is 2.69. The molecule has 1 heterocycles. The summed E-state index contributed by atoms with van der Waals surface area (Å²) in [6.07, 6.45) is 3.23. The molecule has 4 nitrogen and oxygen atoms in total. The Balaban J connectivity index is 2.05. The minimum Gasteiger partial charge on any atom is -0.433 e. The van der Waals surface area contributed by atoms with Gasteiger partial charge in [0.15, 0.2) is 0 Å². The normalized spacial score (nSPS) is 10.4. The Bertz CT molecular complexity index is 494. The van der Waals surface area contributed by atoms with Crippen LogP contribution in [0.1, 0.15) is 5.82 Å². The van der Waals surface area contributed by atoms with E-state index in [0.717, 1.165) is 0 Å². The van der Waals surface area contributed by atoms with Crippen LogP contribution >= 0.6 is 0 Å². The molecule has 0 aliphatic heterocycles. The topological polar surface area (TPSA) is 47.0 Å². The lowest BCUT2D eigenvalue weighted by Crippen LogP contribution is -2.07. The maximum atomic E-state index is 12.2. The number of alkyl halides is 2. The zero-order chi connectivity index (χ0) is 12.8. The standard InChI is InChI=1S/C12H11F2N3O/c13-12(14)18-10-5-2-1-4-9(10)17-8-11-15-6-3-7-16-11/h1-7,12,17H,8H2. The van der Waals surface area contributed by atoms with Gasteiger partial charge >= 0.3 is 6.61 Å². The largest absolute Gasteiger partial charge is 0.433 e. The number of anilines is 1. The fourth-order valence-electron chi connectivity index (χ4n) is 1.41. The summed E-state index contributed by atoms with van der Waals surface area (Å²) >= 11 is 0. The summed E-state index contributed by atoms with van der Waals surface area (Å²) in [4.78, 5) is 8.04. The molecule has 0 amide bonds. The Hall–Kier alpha value is -2.24. The Morgan fingerprint density at radius 2 is 1.83 bits per heavy atom. The van der Waals surface area contributed by atoms with Crippen molar-refractivity contribution in [2.24, 2.45) is 0 Å². The van der Waals surface area contributed by atoms with Crippen molar-refractivity contribution in [1.29, 1.82) is 0 Å². The second-order valence-electron chi connectivity index (χ2n) is 3.39. The fraction of sp³-hybridized carbons (Fsp3) is 0.167. The van der Waals surface area contributed by atoms with E-state index in [2.05, 4.69) is 20.0 Å². The molecule has 6 heteroatoms. The average Bonchev–Trinajstić information content (AvgIpc) is 2.38. The predicted molar refractivity (Wildman–Crippen MR) is 62.4 cm³/mol. The van der Waals surface area contributed by atoms with E-state index in [1.54, 1.807) is 36.7 Å². The highest BCUT2D eigenvalue weighted by Gasteiger charge is 2.08. The third-order valence-electron chi connectivity index (χ3n) is 2.16. The maximum absolute atomic E-state index is 12.2. The summed E-state index contributed by atoms with van der Waals surface area (Å²) in [5.41, 5.74) is 0.477. The van der Waals surface area contributed by atoms with Crippen molar-refractivity contribution in [1.82, 2.24) is 9.97 Å². The summed E-state index contributed by atoms with van der Waals surface area (Å²) in [5, 5.41) is 2.95. The first kappa shape index (κ1) is 12.2. The van der Waals surface area contributed by atoms with E-state index in [9.17, 15) is 8.78 Å². The summed E-state index contributed by atoms with van der Waals surface area (Å²) < 4.78 is 28.8. The Morgan fingerprint density at radius 3 is 2.56 bits per heavy atom. The number of aromatic nitrogens is 2. The Kier molecular flexibility index (Phi) is 4.01. The summed E-state index contributed by atoms with van der Waals surface area (Å²) in [6, 6.07) is 8.19. The van der Waals surface area contributed by atoms with Crippen LogP contribution in [-0.2, 0) is 6.54 Å². The van der Waals surface area contributed by atoms with Crippen LogP contribution in [0.3, 0.4) is 0 Å². The van der Waals surface area contributed by atoms with Crippen molar-refractivity contribution in [2.45, 2.75) is 13.2 Å².